The number of carbonyl (C=O) groups is 1. The summed E-state index contributed by atoms with van der Waals surface area (Å²) in [7, 11) is -4.06. The first-order valence-electron chi connectivity index (χ1n) is 4.51. The van der Waals surface area contributed by atoms with Crippen LogP contribution < -0.4 is 4.72 Å². The van der Waals surface area contributed by atoms with Crippen LogP contribution in [0.2, 0.25) is 0 Å². The van der Waals surface area contributed by atoms with Crippen molar-refractivity contribution in [1.29, 1.82) is 5.26 Å². The molecule has 0 spiro atoms. The standard InChI is InChI=1S/C9H10N2O5S/c1-5-7(9(12)13)8(6(2)16-5)17(14,15)11-4-3-10/h11H,4H2,1-2H3,(H,12,13). The fraction of sp³-hybridized carbons (Fsp3) is 0.333. The van der Waals surface area contributed by atoms with E-state index in [4.69, 9.17) is 14.8 Å². The summed E-state index contributed by atoms with van der Waals surface area (Å²) in [5.74, 6) is -1.41. The molecule has 2 N–H and O–H groups in total. The van der Waals surface area contributed by atoms with E-state index in [0.717, 1.165) is 0 Å². The number of nitrogens with zero attached hydrogens (tertiary/aromatic N) is 1. The van der Waals surface area contributed by atoms with E-state index in [2.05, 4.69) is 0 Å². The van der Waals surface area contributed by atoms with Gasteiger partial charge in [-0.2, -0.15) is 9.98 Å². The van der Waals surface area contributed by atoms with Crippen molar-refractivity contribution in [2.24, 2.45) is 0 Å². The Morgan fingerprint density at radius 1 is 1.47 bits per heavy atom. The van der Waals surface area contributed by atoms with Gasteiger partial charge in [0.2, 0.25) is 10.0 Å². The first kappa shape index (κ1) is 13.2. The van der Waals surface area contributed by atoms with Gasteiger partial charge in [-0.1, -0.05) is 0 Å². The fourth-order valence-electron chi connectivity index (χ4n) is 1.43. The van der Waals surface area contributed by atoms with Crippen molar-refractivity contribution in [3.63, 3.8) is 0 Å². The van der Waals surface area contributed by atoms with Gasteiger partial charge in [0.05, 0.1) is 12.6 Å². The molecule has 0 aliphatic rings. The Hall–Kier alpha value is -1.85. The first-order valence-corrected chi connectivity index (χ1v) is 5.99. The molecule has 0 radical (unpaired) electrons. The summed E-state index contributed by atoms with van der Waals surface area (Å²) < 4.78 is 30.5. The third kappa shape index (κ3) is 2.46. The van der Waals surface area contributed by atoms with Crippen LogP contribution in [0.15, 0.2) is 9.31 Å². The lowest BCUT2D eigenvalue weighted by molar-refractivity contribution is 0.0691. The quantitative estimate of drug-likeness (QED) is 0.754. The zero-order valence-corrected chi connectivity index (χ0v) is 9.96. The van der Waals surface area contributed by atoms with Crippen LogP contribution in [0, 0.1) is 25.2 Å². The molecule has 0 unspecified atom stereocenters. The third-order valence-electron chi connectivity index (χ3n) is 2.03. The molecule has 0 saturated carbocycles. The highest BCUT2D eigenvalue weighted by atomic mass is 32.2. The van der Waals surface area contributed by atoms with Gasteiger partial charge in [0.1, 0.15) is 22.0 Å². The van der Waals surface area contributed by atoms with Gasteiger partial charge < -0.3 is 9.52 Å². The number of aryl methyl sites for hydroxylation is 2. The Bertz CT molecular complexity index is 594. The summed E-state index contributed by atoms with van der Waals surface area (Å²) in [6.45, 7) is 2.27. The van der Waals surface area contributed by atoms with Gasteiger partial charge >= 0.3 is 5.97 Å². The van der Waals surface area contributed by atoms with Crippen LogP contribution in [-0.4, -0.2) is 26.0 Å². The molecule has 7 nitrogen and oxygen atoms in total. The molecular formula is C9H10N2O5S. The predicted octanol–water partition coefficient (Wildman–Crippen LogP) is 0.397. The number of nitriles is 1. The Morgan fingerprint density at radius 3 is 2.53 bits per heavy atom. The maximum atomic E-state index is 11.8. The van der Waals surface area contributed by atoms with E-state index in [-0.39, 0.29) is 11.5 Å². The van der Waals surface area contributed by atoms with E-state index in [1.54, 1.807) is 6.07 Å². The Kier molecular flexibility index (Phi) is 3.55. The highest BCUT2D eigenvalue weighted by Crippen LogP contribution is 2.26. The third-order valence-corrected chi connectivity index (χ3v) is 3.58. The number of rotatable bonds is 4. The maximum absolute atomic E-state index is 11.8. The van der Waals surface area contributed by atoms with Gasteiger partial charge in [0.15, 0.2) is 0 Å². The maximum Gasteiger partial charge on any atom is 0.340 e. The van der Waals surface area contributed by atoms with Crippen molar-refractivity contribution in [1.82, 2.24) is 4.72 Å². The summed E-state index contributed by atoms with van der Waals surface area (Å²) in [5, 5.41) is 17.2. The molecule has 0 bridgehead atoms. The molecule has 1 aromatic rings. The first-order chi connectivity index (χ1) is 7.81. The summed E-state index contributed by atoms with van der Waals surface area (Å²) >= 11 is 0. The second-order valence-electron chi connectivity index (χ2n) is 3.21. The Balaban J connectivity index is 3.41. The smallest absolute Gasteiger partial charge is 0.340 e. The molecule has 0 atom stereocenters. The Morgan fingerprint density at radius 2 is 2.06 bits per heavy atom. The van der Waals surface area contributed by atoms with Gasteiger partial charge in [0.25, 0.3) is 0 Å². The van der Waals surface area contributed by atoms with Crippen molar-refractivity contribution >= 4 is 16.0 Å². The highest BCUT2D eigenvalue weighted by molar-refractivity contribution is 7.89. The van der Waals surface area contributed by atoms with Crippen molar-refractivity contribution in [2.45, 2.75) is 18.7 Å². The largest absolute Gasteiger partial charge is 0.478 e. The number of aromatic carboxylic acids is 1. The highest BCUT2D eigenvalue weighted by Gasteiger charge is 2.30. The van der Waals surface area contributed by atoms with E-state index in [0.29, 0.717) is 0 Å². The monoisotopic (exact) mass is 258 g/mol. The molecule has 0 saturated heterocycles. The van der Waals surface area contributed by atoms with Crippen LogP contribution in [0.5, 0.6) is 0 Å². The summed E-state index contributed by atoms with van der Waals surface area (Å²) in [5.41, 5.74) is -0.409. The zero-order chi connectivity index (χ0) is 13.2. The van der Waals surface area contributed by atoms with E-state index < -0.39 is 33.0 Å². The molecule has 8 heteroatoms. The number of furan rings is 1. The predicted molar refractivity (Wildman–Crippen MR) is 55.9 cm³/mol. The van der Waals surface area contributed by atoms with Crippen molar-refractivity contribution in [2.75, 3.05) is 6.54 Å². The topological polar surface area (TPSA) is 120 Å². The molecule has 0 amide bonds. The number of hydrogen-bond donors (Lipinski definition) is 2. The molecule has 17 heavy (non-hydrogen) atoms. The van der Waals surface area contributed by atoms with Gasteiger partial charge in [-0.25, -0.2) is 13.2 Å². The molecule has 0 aromatic carbocycles. The molecule has 92 valence electrons. The molecule has 0 aliphatic heterocycles. The second kappa shape index (κ2) is 4.57. The van der Waals surface area contributed by atoms with Gasteiger partial charge in [-0.3, -0.25) is 0 Å². The lowest BCUT2D eigenvalue weighted by Gasteiger charge is -2.03. The van der Waals surface area contributed by atoms with E-state index in [1.165, 1.54) is 13.8 Å². The molecular weight excluding hydrogens is 248 g/mol. The molecule has 1 rings (SSSR count). The van der Waals surface area contributed by atoms with Crippen LogP contribution in [-0.2, 0) is 10.0 Å². The van der Waals surface area contributed by atoms with Gasteiger partial charge in [-0.05, 0) is 13.8 Å². The zero-order valence-electron chi connectivity index (χ0n) is 9.14. The minimum atomic E-state index is -4.06. The van der Waals surface area contributed by atoms with Crippen molar-refractivity contribution in [3.05, 3.63) is 17.1 Å². The van der Waals surface area contributed by atoms with E-state index in [1.807, 2.05) is 4.72 Å². The number of sulfonamides is 1. The molecule has 0 aliphatic carbocycles. The summed E-state index contributed by atoms with van der Waals surface area (Å²) in [6.07, 6.45) is 0. The number of carboxylic acids is 1. The minimum Gasteiger partial charge on any atom is -0.478 e. The van der Waals surface area contributed by atoms with E-state index >= 15 is 0 Å². The van der Waals surface area contributed by atoms with Crippen LogP contribution in [0.25, 0.3) is 0 Å². The molecule has 1 aromatic heterocycles. The molecule has 1 heterocycles. The summed E-state index contributed by atoms with van der Waals surface area (Å²) in [4.78, 5) is 10.5. The number of hydrogen-bond acceptors (Lipinski definition) is 5. The lowest BCUT2D eigenvalue weighted by Crippen LogP contribution is -2.25. The van der Waals surface area contributed by atoms with Crippen molar-refractivity contribution in [3.8, 4) is 6.07 Å². The fourth-order valence-corrected chi connectivity index (χ4v) is 2.75. The number of nitrogens with one attached hydrogen (secondary N) is 1. The summed E-state index contributed by atoms with van der Waals surface area (Å²) in [6, 6.07) is 1.60. The van der Waals surface area contributed by atoms with Crippen LogP contribution in [0.4, 0.5) is 0 Å². The normalized spacial score (nSPS) is 11.1. The van der Waals surface area contributed by atoms with Crippen LogP contribution >= 0.6 is 0 Å². The number of carboxylic acid groups (broad SMARTS) is 1. The SMILES string of the molecule is Cc1oc(C)c(S(=O)(=O)NCC#N)c1C(=O)O. The minimum absolute atomic E-state index is 0.00679. The van der Waals surface area contributed by atoms with Crippen LogP contribution in [0.1, 0.15) is 21.9 Å². The van der Waals surface area contributed by atoms with Crippen molar-refractivity contribution < 1.29 is 22.7 Å². The second-order valence-corrected chi connectivity index (χ2v) is 4.91. The van der Waals surface area contributed by atoms with Gasteiger partial charge in [-0.15, -0.1) is 0 Å². The lowest BCUT2D eigenvalue weighted by atomic mass is 10.2. The molecule has 0 fully saturated rings. The van der Waals surface area contributed by atoms with Gasteiger partial charge in [0, 0.05) is 0 Å². The average Bonchev–Trinajstić information content (AvgIpc) is 2.51. The average molecular weight is 258 g/mol. The van der Waals surface area contributed by atoms with E-state index in [9.17, 15) is 13.2 Å². The Labute approximate surface area is 97.7 Å². The van der Waals surface area contributed by atoms with Crippen LogP contribution in [0.3, 0.4) is 0 Å².